The minimum atomic E-state index is -1.14. The number of rotatable bonds is 6. The zero-order valence-corrected chi connectivity index (χ0v) is 19.2. The molecule has 1 aliphatic heterocycles. The fourth-order valence-corrected chi connectivity index (χ4v) is 5.47. The fraction of sp³-hybridized carbons (Fsp3) is 0.333. The van der Waals surface area contributed by atoms with Crippen molar-refractivity contribution in [1.29, 1.82) is 0 Å². The first-order valence-corrected chi connectivity index (χ1v) is 11.5. The van der Waals surface area contributed by atoms with E-state index in [9.17, 15) is 5.11 Å². The third kappa shape index (κ3) is 3.29. The SMILES string of the molecule is CN(C)CCOc1ccc2c(c1)O[C@@]1(c3ccc(Cl)cc3)[C@H](c3ccccc3)CC[C@@]21O. The molecule has 0 bridgehead atoms. The predicted molar refractivity (Wildman–Crippen MR) is 127 cm³/mol. The van der Waals surface area contributed by atoms with E-state index < -0.39 is 11.2 Å². The van der Waals surface area contributed by atoms with Crippen molar-refractivity contribution in [2.45, 2.75) is 30.0 Å². The third-order valence-corrected chi connectivity index (χ3v) is 7.10. The number of fused-ring (bicyclic) bond motifs is 3. The van der Waals surface area contributed by atoms with Crippen molar-refractivity contribution in [3.8, 4) is 11.5 Å². The molecule has 0 unspecified atom stereocenters. The highest BCUT2D eigenvalue weighted by Gasteiger charge is 2.68. The summed E-state index contributed by atoms with van der Waals surface area (Å²) in [5.41, 5.74) is 0.851. The van der Waals surface area contributed by atoms with Gasteiger partial charge in [0.25, 0.3) is 0 Å². The zero-order chi connectivity index (χ0) is 22.3. The molecule has 32 heavy (non-hydrogen) atoms. The van der Waals surface area contributed by atoms with E-state index in [0.717, 1.165) is 35.4 Å². The maximum atomic E-state index is 12.2. The normalized spacial score (nSPS) is 26.0. The lowest BCUT2D eigenvalue weighted by molar-refractivity contribution is -0.105. The fourth-order valence-electron chi connectivity index (χ4n) is 5.34. The molecule has 5 rings (SSSR count). The van der Waals surface area contributed by atoms with E-state index in [2.05, 4.69) is 17.0 Å². The lowest BCUT2D eigenvalue weighted by Crippen LogP contribution is -2.47. The Labute approximate surface area is 194 Å². The number of hydrogen-bond donors (Lipinski definition) is 1. The molecule has 1 aliphatic carbocycles. The first-order chi connectivity index (χ1) is 15.4. The second-order valence-corrected chi connectivity index (χ2v) is 9.45. The molecule has 3 aromatic carbocycles. The van der Waals surface area contributed by atoms with Gasteiger partial charge < -0.3 is 19.5 Å². The van der Waals surface area contributed by atoms with Crippen LogP contribution in [-0.4, -0.2) is 37.3 Å². The van der Waals surface area contributed by atoms with Gasteiger partial charge in [0.05, 0.1) is 0 Å². The average Bonchev–Trinajstić information content (AvgIpc) is 3.21. The van der Waals surface area contributed by atoms with Crippen molar-refractivity contribution >= 4 is 11.6 Å². The van der Waals surface area contributed by atoms with Crippen LogP contribution in [-0.2, 0) is 11.2 Å². The molecule has 3 atom stereocenters. The zero-order valence-electron chi connectivity index (χ0n) is 18.4. The summed E-state index contributed by atoms with van der Waals surface area (Å²) in [4.78, 5) is 2.08. The number of aliphatic hydroxyl groups is 1. The Bertz CT molecular complexity index is 1100. The highest BCUT2D eigenvalue weighted by Crippen LogP contribution is 2.66. The van der Waals surface area contributed by atoms with E-state index in [1.807, 2.05) is 74.8 Å². The molecule has 3 aromatic rings. The maximum Gasteiger partial charge on any atom is 0.173 e. The van der Waals surface area contributed by atoms with Gasteiger partial charge in [-0.05, 0) is 62.3 Å². The van der Waals surface area contributed by atoms with Gasteiger partial charge in [-0.1, -0.05) is 54.1 Å². The van der Waals surface area contributed by atoms with Crippen LogP contribution < -0.4 is 9.47 Å². The van der Waals surface area contributed by atoms with Crippen LogP contribution in [0.4, 0.5) is 0 Å². The van der Waals surface area contributed by atoms with Crippen LogP contribution in [0, 0.1) is 0 Å². The van der Waals surface area contributed by atoms with Gasteiger partial charge in [0.1, 0.15) is 23.7 Å². The number of ether oxygens (including phenoxy) is 2. The number of benzene rings is 3. The van der Waals surface area contributed by atoms with E-state index >= 15 is 0 Å². The Morgan fingerprint density at radius 3 is 2.53 bits per heavy atom. The van der Waals surface area contributed by atoms with Gasteiger partial charge in [-0.25, -0.2) is 0 Å². The van der Waals surface area contributed by atoms with Crippen molar-refractivity contribution in [3.05, 3.63) is 94.5 Å². The van der Waals surface area contributed by atoms with Gasteiger partial charge >= 0.3 is 0 Å². The summed E-state index contributed by atoms with van der Waals surface area (Å²) < 4.78 is 12.7. The van der Waals surface area contributed by atoms with E-state index in [4.69, 9.17) is 21.1 Å². The van der Waals surface area contributed by atoms with Crippen LogP contribution in [0.2, 0.25) is 5.02 Å². The Kier molecular flexibility index (Phi) is 5.40. The molecular formula is C27H28ClNO3. The summed E-state index contributed by atoms with van der Waals surface area (Å²) in [6, 6.07) is 23.9. The summed E-state index contributed by atoms with van der Waals surface area (Å²) in [7, 11) is 4.04. The van der Waals surface area contributed by atoms with Gasteiger partial charge in [0, 0.05) is 29.1 Å². The molecule has 0 saturated heterocycles. The van der Waals surface area contributed by atoms with Crippen LogP contribution in [0.5, 0.6) is 11.5 Å². The van der Waals surface area contributed by atoms with Gasteiger partial charge in [0.15, 0.2) is 5.60 Å². The molecular weight excluding hydrogens is 422 g/mol. The molecule has 1 heterocycles. The lowest BCUT2D eigenvalue weighted by Gasteiger charge is -2.40. The highest BCUT2D eigenvalue weighted by molar-refractivity contribution is 6.30. The second kappa shape index (κ2) is 8.11. The molecule has 0 spiro atoms. The van der Waals surface area contributed by atoms with E-state index in [1.165, 1.54) is 0 Å². The quantitative estimate of drug-likeness (QED) is 0.552. The van der Waals surface area contributed by atoms with Gasteiger partial charge in [-0.3, -0.25) is 0 Å². The molecule has 1 fully saturated rings. The molecule has 0 amide bonds. The largest absolute Gasteiger partial charge is 0.492 e. The lowest BCUT2D eigenvalue weighted by atomic mass is 9.72. The van der Waals surface area contributed by atoms with Crippen molar-refractivity contribution in [3.63, 3.8) is 0 Å². The van der Waals surface area contributed by atoms with E-state index in [-0.39, 0.29) is 5.92 Å². The molecule has 5 heteroatoms. The Balaban J connectivity index is 1.59. The topological polar surface area (TPSA) is 41.9 Å². The second-order valence-electron chi connectivity index (χ2n) is 9.02. The molecule has 0 aromatic heterocycles. The summed E-state index contributed by atoms with van der Waals surface area (Å²) in [5, 5.41) is 12.9. The smallest absolute Gasteiger partial charge is 0.173 e. The van der Waals surface area contributed by atoms with Crippen LogP contribution in [0.1, 0.15) is 35.4 Å². The Morgan fingerprint density at radius 1 is 1.06 bits per heavy atom. The maximum absolute atomic E-state index is 12.2. The Morgan fingerprint density at radius 2 is 1.81 bits per heavy atom. The van der Waals surface area contributed by atoms with Gasteiger partial charge in [-0.15, -0.1) is 0 Å². The number of hydrogen-bond acceptors (Lipinski definition) is 4. The summed E-state index contributed by atoms with van der Waals surface area (Å²) in [6.07, 6.45) is 1.44. The van der Waals surface area contributed by atoms with Crippen LogP contribution >= 0.6 is 11.6 Å². The number of halogens is 1. The van der Waals surface area contributed by atoms with Crippen LogP contribution in [0.3, 0.4) is 0 Å². The van der Waals surface area contributed by atoms with Crippen molar-refractivity contribution in [2.24, 2.45) is 0 Å². The molecule has 166 valence electrons. The van der Waals surface area contributed by atoms with Crippen LogP contribution in [0.25, 0.3) is 0 Å². The molecule has 1 N–H and O–H groups in total. The van der Waals surface area contributed by atoms with Crippen molar-refractivity contribution in [2.75, 3.05) is 27.2 Å². The monoisotopic (exact) mass is 449 g/mol. The number of likely N-dealkylation sites (N-methyl/N-ethyl adjacent to an activating group) is 1. The van der Waals surface area contributed by atoms with E-state index in [0.29, 0.717) is 23.8 Å². The van der Waals surface area contributed by atoms with Gasteiger partial charge in [0.2, 0.25) is 0 Å². The first kappa shape index (κ1) is 21.3. The predicted octanol–water partition coefficient (Wildman–Crippen LogP) is 5.33. The average molecular weight is 450 g/mol. The summed E-state index contributed by atoms with van der Waals surface area (Å²) in [6.45, 7) is 1.41. The summed E-state index contributed by atoms with van der Waals surface area (Å²) in [5.74, 6) is 1.43. The third-order valence-electron chi connectivity index (χ3n) is 6.85. The molecule has 2 aliphatic rings. The van der Waals surface area contributed by atoms with Crippen molar-refractivity contribution < 1.29 is 14.6 Å². The minimum absolute atomic E-state index is 0.000356. The summed E-state index contributed by atoms with van der Waals surface area (Å²) >= 11 is 6.20. The molecule has 1 saturated carbocycles. The molecule has 4 nitrogen and oxygen atoms in total. The van der Waals surface area contributed by atoms with E-state index in [1.54, 1.807) is 0 Å². The van der Waals surface area contributed by atoms with Crippen molar-refractivity contribution in [1.82, 2.24) is 4.90 Å². The number of nitrogens with zero attached hydrogens (tertiary/aromatic N) is 1. The minimum Gasteiger partial charge on any atom is -0.492 e. The standard InChI is InChI=1S/C27H28ClNO3/c1-29(2)16-17-31-22-12-13-24-25(18-22)32-27(20-8-10-21(28)11-9-20)23(14-15-26(24,27)30)19-6-4-3-5-7-19/h3-13,18,23,30H,14-17H2,1-2H3/t23-,26+,27-/m0/s1. The molecule has 0 radical (unpaired) electrons. The Hall–Kier alpha value is -2.53. The highest BCUT2D eigenvalue weighted by atomic mass is 35.5. The van der Waals surface area contributed by atoms with Gasteiger partial charge in [-0.2, -0.15) is 0 Å². The first-order valence-electron chi connectivity index (χ1n) is 11.1. The van der Waals surface area contributed by atoms with Crippen LogP contribution in [0.15, 0.2) is 72.8 Å².